The highest BCUT2D eigenvalue weighted by Crippen LogP contribution is 2.17. The number of amides is 1. The van der Waals surface area contributed by atoms with Crippen LogP contribution in [-0.2, 0) is 11.4 Å². The van der Waals surface area contributed by atoms with Gasteiger partial charge in [-0.3, -0.25) is 10.2 Å². The molecule has 0 radical (unpaired) electrons. The molecule has 0 bridgehead atoms. The number of carbonyl (C=O) groups excluding carboxylic acids is 1. The van der Waals surface area contributed by atoms with Crippen LogP contribution in [0.2, 0.25) is 0 Å². The molecule has 3 rings (SSSR count). The quantitative estimate of drug-likeness (QED) is 0.417. The molecular weight excluding hydrogens is 388 g/mol. The van der Waals surface area contributed by atoms with Crippen molar-refractivity contribution in [1.29, 1.82) is 0 Å². The molecule has 10 nitrogen and oxygen atoms in total. The number of nitrogens with zero attached hydrogens (tertiary/aromatic N) is 6. The number of carbonyl (C=O) groups is 1. The van der Waals surface area contributed by atoms with Crippen LogP contribution in [-0.4, -0.2) is 47.7 Å². The molecule has 142 valence electrons. The van der Waals surface area contributed by atoms with Crippen molar-refractivity contribution in [2.45, 2.75) is 23.8 Å². The van der Waals surface area contributed by atoms with Crippen LogP contribution in [0.25, 0.3) is 0 Å². The predicted octanol–water partition coefficient (Wildman–Crippen LogP) is 1.06. The van der Waals surface area contributed by atoms with Crippen molar-refractivity contribution in [3.63, 3.8) is 0 Å². The Kier molecular flexibility index (Phi) is 6.19. The van der Waals surface area contributed by atoms with Gasteiger partial charge in [0.05, 0.1) is 5.75 Å². The Morgan fingerprint density at radius 1 is 1.19 bits per heavy atom. The van der Waals surface area contributed by atoms with Crippen molar-refractivity contribution in [2.75, 3.05) is 23.3 Å². The summed E-state index contributed by atoms with van der Waals surface area (Å²) in [5, 5.41) is 16.9. The minimum atomic E-state index is -0.253. The number of aromatic nitrogens is 6. The van der Waals surface area contributed by atoms with Crippen molar-refractivity contribution < 1.29 is 9.53 Å². The predicted molar refractivity (Wildman–Crippen MR) is 103 cm³/mol. The first-order valence-electron chi connectivity index (χ1n) is 7.84. The van der Waals surface area contributed by atoms with E-state index < -0.39 is 0 Å². The van der Waals surface area contributed by atoms with Gasteiger partial charge in [-0.2, -0.15) is 0 Å². The Morgan fingerprint density at radius 2 is 1.93 bits per heavy atom. The minimum absolute atomic E-state index is 0.111. The molecule has 1 aromatic carbocycles. The second-order valence-corrected chi connectivity index (χ2v) is 6.98. The normalized spacial score (nSPS) is 10.7. The summed E-state index contributed by atoms with van der Waals surface area (Å²) in [7, 11) is 0. The number of nitrogens with two attached hydrogens (primary N) is 1. The van der Waals surface area contributed by atoms with E-state index in [1.807, 2.05) is 36.6 Å². The maximum atomic E-state index is 12.3. The smallest absolute Gasteiger partial charge is 0.249 e. The summed E-state index contributed by atoms with van der Waals surface area (Å²) >= 11 is 2.55. The molecule has 0 aliphatic carbocycles. The topological polar surface area (TPSA) is 126 Å². The van der Waals surface area contributed by atoms with E-state index in [0.717, 1.165) is 0 Å². The maximum absolute atomic E-state index is 12.3. The van der Waals surface area contributed by atoms with Crippen molar-refractivity contribution in [3.05, 3.63) is 42.0 Å². The summed E-state index contributed by atoms with van der Waals surface area (Å²) in [6.45, 7) is 1.90. The molecule has 3 N–H and O–H groups in total. The summed E-state index contributed by atoms with van der Waals surface area (Å²) in [4.78, 5) is 12.3. The third-order valence-electron chi connectivity index (χ3n) is 3.40. The van der Waals surface area contributed by atoms with Gasteiger partial charge in [-0.05, 0) is 25.3 Å². The fourth-order valence-electron chi connectivity index (χ4n) is 2.04. The number of hydrogen-bond acceptors (Lipinski definition) is 9. The van der Waals surface area contributed by atoms with Crippen molar-refractivity contribution in [2.24, 2.45) is 0 Å². The molecule has 1 amide bonds. The van der Waals surface area contributed by atoms with Gasteiger partial charge in [-0.1, -0.05) is 41.7 Å². The van der Waals surface area contributed by atoms with E-state index in [0.29, 0.717) is 27.7 Å². The fraction of sp³-hybridized carbons (Fsp3) is 0.267. The lowest BCUT2D eigenvalue weighted by Gasteiger charge is -2.11. The number of rotatable bonds is 8. The molecule has 27 heavy (non-hydrogen) atoms. The van der Waals surface area contributed by atoms with Crippen LogP contribution < -0.4 is 16.0 Å². The van der Waals surface area contributed by atoms with Crippen LogP contribution in [0.1, 0.15) is 11.6 Å². The van der Waals surface area contributed by atoms with Gasteiger partial charge < -0.3 is 10.6 Å². The summed E-state index contributed by atoms with van der Waals surface area (Å²) in [6, 6.07) is 9.35. The first-order valence-corrected chi connectivity index (χ1v) is 10.1. The number of aryl methyl sites for hydroxylation is 1. The zero-order chi connectivity index (χ0) is 19.2. The van der Waals surface area contributed by atoms with Crippen molar-refractivity contribution in [1.82, 2.24) is 29.7 Å². The Morgan fingerprint density at radius 3 is 2.59 bits per heavy atom. The van der Waals surface area contributed by atoms with E-state index in [4.69, 9.17) is 10.6 Å². The second-order valence-electron chi connectivity index (χ2n) is 5.26. The number of hydrogen-bond donors (Lipinski definition) is 2. The van der Waals surface area contributed by atoms with E-state index in [9.17, 15) is 4.79 Å². The number of para-hydroxylation sites is 1. The Labute approximate surface area is 163 Å². The lowest BCUT2D eigenvalue weighted by molar-refractivity contribution is -0.114. The molecule has 0 saturated heterocycles. The van der Waals surface area contributed by atoms with Gasteiger partial charge in [0.1, 0.15) is 18.2 Å². The van der Waals surface area contributed by atoms with Gasteiger partial charge in [-0.25, -0.2) is 9.35 Å². The van der Waals surface area contributed by atoms with E-state index in [1.54, 1.807) is 6.92 Å². The lowest BCUT2D eigenvalue weighted by atomic mass is 10.3. The van der Waals surface area contributed by atoms with E-state index in [1.165, 1.54) is 32.9 Å². The highest BCUT2D eigenvalue weighted by Gasteiger charge is 2.16. The van der Waals surface area contributed by atoms with Crippen LogP contribution in [0, 0.1) is 6.92 Å². The molecule has 0 spiro atoms. The number of nitrogens with one attached hydrogen (secondary N) is 1. The van der Waals surface area contributed by atoms with Crippen LogP contribution in [0.15, 0.2) is 40.6 Å². The second kappa shape index (κ2) is 8.77. The summed E-state index contributed by atoms with van der Waals surface area (Å²) in [5.41, 5.74) is 2.78. The fourth-order valence-corrected chi connectivity index (χ4v) is 3.19. The third-order valence-corrected chi connectivity index (χ3v) is 4.97. The molecular formula is C15H18N8O2S2. The third kappa shape index (κ3) is 4.71. The zero-order valence-corrected chi connectivity index (χ0v) is 16.3. The highest BCUT2D eigenvalue weighted by atomic mass is 32.2. The molecule has 0 saturated carbocycles. The van der Waals surface area contributed by atoms with Crippen molar-refractivity contribution in [3.8, 4) is 5.75 Å². The molecule has 0 fully saturated rings. The summed E-state index contributed by atoms with van der Waals surface area (Å²) in [5.74, 6) is 7.40. The van der Waals surface area contributed by atoms with Gasteiger partial charge in [0.2, 0.25) is 16.2 Å². The van der Waals surface area contributed by atoms with Crippen molar-refractivity contribution >= 4 is 29.4 Å². The monoisotopic (exact) mass is 406 g/mol. The largest absolute Gasteiger partial charge is 0.486 e. The number of thioether (sulfide) groups is 2. The Balaban J connectivity index is 1.63. The number of nitrogen functional groups attached to an aromatic ring is 1. The average molecular weight is 406 g/mol. The van der Waals surface area contributed by atoms with Gasteiger partial charge in [-0.15, -0.1) is 20.4 Å². The minimum Gasteiger partial charge on any atom is -0.486 e. The van der Waals surface area contributed by atoms with E-state index >= 15 is 0 Å². The maximum Gasteiger partial charge on any atom is 0.249 e. The van der Waals surface area contributed by atoms with Gasteiger partial charge in [0, 0.05) is 0 Å². The first-order chi connectivity index (χ1) is 13.1. The first kappa shape index (κ1) is 19.0. The standard InChI is InChI=1S/C15H18N8O2S2/c1-10-17-19-14(22(10)16)27-9-13(24)21-23-12(18-20-15(23)26-2)8-25-11-6-4-3-5-7-11/h3-7H,8-9,16H2,1-2H3,(H,21,24). The van der Waals surface area contributed by atoms with Gasteiger partial charge >= 0.3 is 0 Å². The lowest BCUT2D eigenvalue weighted by Crippen LogP contribution is -2.27. The van der Waals surface area contributed by atoms with Crippen LogP contribution in [0.4, 0.5) is 0 Å². The van der Waals surface area contributed by atoms with Crippen LogP contribution in [0.3, 0.4) is 0 Å². The van der Waals surface area contributed by atoms with Crippen LogP contribution >= 0.6 is 23.5 Å². The SMILES string of the molecule is CSc1nnc(COc2ccccc2)n1NC(=O)CSc1nnc(C)n1N. The van der Waals surface area contributed by atoms with E-state index in [-0.39, 0.29) is 18.3 Å². The molecule has 3 aromatic rings. The van der Waals surface area contributed by atoms with Crippen LogP contribution in [0.5, 0.6) is 5.75 Å². The molecule has 12 heteroatoms. The molecule has 2 heterocycles. The molecule has 2 aromatic heterocycles. The number of ether oxygens (including phenoxy) is 1. The Bertz CT molecular complexity index is 912. The molecule has 0 atom stereocenters. The highest BCUT2D eigenvalue weighted by molar-refractivity contribution is 7.99. The zero-order valence-electron chi connectivity index (χ0n) is 14.7. The Hall–Kier alpha value is -2.73. The number of benzene rings is 1. The van der Waals surface area contributed by atoms with Gasteiger partial charge in [0.25, 0.3) is 0 Å². The molecule has 0 aliphatic heterocycles. The summed E-state index contributed by atoms with van der Waals surface area (Å²) in [6.07, 6.45) is 1.85. The molecule has 0 aliphatic rings. The average Bonchev–Trinajstić information content (AvgIpc) is 3.22. The van der Waals surface area contributed by atoms with E-state index in [2.05, 4.69) is 25.8 Å². The van der Waals surface area contributed by atoms with Gasteiger partial charge in [0.15, 0.2) is 5.82 Å². The summed E-state index contributed by atoms with van der Waals surface area (Å²) < 4.78 is 8.55. The molecule has 0 unspecified atom stereocenters.